The second kappa shape index (κ2) is 14.3. The molecule has 1 saturated carbocycles. The molecule has 3 aliphatic heterocycles. The van der Waals surface area contributed by atoms with Crippen LogP contribution in [0, 0.1) is 0 Å². The van der Waals surface area contributed by atoms with Crippen LogP contribution in [0.4, 0.5) is 45.5 Å². The zero-order valence-electron chi connectivity index (χ0n) is 37.5. The van der Waals surface area contributed by atoms with Gasteiger partial charge in [-0.25, -0.2) is 0 Å². The molecular formula is C59H53BN4. The summed E-state index contributed by atoms with van der Waals surface area (Å²) in [4.78, 5) is 12.5. The van der Waals surface area contributed by atoms with Gasteiger partial charge in [-0.05, 0) is 136 Å². The second-order valence-corrected chi connectivity index (χ2v) is 19.9. The Hall–Kier alpha value is -6.85. The molecule has 5 heteroatoms. The van der Waals surface area contributed by atoms with Crippen molar-refractivity contribution in [1.29, 1.82) is 0 Å². The Morgan fingerprint density at radius 2 is 1.14 bits per heavy atom. The van der Waals surface area contributed by atoms with Gasteiger partial charge in [-0.2, -0.15) is 0 Å². The number of benzene rings is 7. The minimum absolute atomic E-state index is 0.0198. The van der Waals surface area contributed by atoms with Crippen molar-refractivity contribution in [2.24, 2.45) is 0 Å². The average molecular weight is 829 g/mol. The maximum Gasteiger partial charge on any atom is 0.252 e. The summed E-state index contributed by atoms with van der Waals surface area (Å²) in [6.07, 6.45) is 8.55. The Bertz CT molecular complexity index is 3100. The van der Waals surface area contributed by atoms with Crippen molar-refractivity contribution in [3.8, 4) is 22.3 Å². The maximum absolute atomic E-state index is 4.52. The molecule has 64 heavy (non-hydrogen) atoms. The molecule has 0 N–H and O–H groups in total. The van der Waals surface area contributed by atoms with Crippen LogP contribution in [0.1, 0.15) is 71.4 Å². The first-order valence-electron chi connectivity index (χ1n) is 23.2. The van der Waals surface area contributed by atoms with Gasteiger partial charge in [0.2, 0.25) is 0 Å². The molecular weight excluding hydrogens is 775 g/mol. The lowest BCUT2D eigenvalue weighted by atomic mass is 9.33. The third-order valence-electron chi connectivity index (χ3n) is 15.4. The van der Waals surface area contributed by atoms with Crippen molar-refractivity contribution in [2.75, 3.05) is 14.7 Å². The molecule has 4 heterocycles. The number of anilines is 8. The summed E-state index contributed by atoms with van der Waals surface area (Å²) in [5.41, 5.74) is 21.2. The number of para-hydroxylation sites is 3. The van der Waals surface area contributed by atoms with Gasteiger partial charge >= 0.3 is 0 Å². The van der Waals surface area contributed by atoms with Crippen molar-refractivity contribution in [3.63, 3.8) is 0 Å². The monoisotopic (exact) mass is 828 g/mol. The van der Waals surface area contributed by atoms with Crippen LogP contribution in [0.15, 0.2) is 182 Å². The van der Waals surface area contributed by atoms with Gasteiger partial charge in [0, 0.05) is 63.2 Å². The Kier molecular flexibility index (Phi) is 8.69. The number of pyridine rings is 1. The van der Waals surface area contributed by atoms with Crippen LogP contribution in [0.2, 0.25) is 0 Å². The summed E-state index contributed by atoms with van der Waals surface area (Å²) in [5, 5.41) is 0. The molecule has 2 atom stereocenters. The standard InChI is InChI=1S/C59H53BN4/c1-57(2,3)43-29-31-50(46(36-43)40-19-8-6-9-20-40)63-53-27-15-13-25-49(53)60-48-24-12-14-26-52(48)62(44-22-10-7-11-23-44)54-37-45(38-55(63)56(54)60)64-51-30-28-41(42-21-18-34-61-39-42)35-47(51)58(4)32-16-17-33-59(58,64)5/h6-15,18-31,34-39H,16-17,32-33H2,1-5H3. The first kappa shape index (κ1) is 38.8. The van der Waals surface area contributed by atoms with Crippen LogP contribution in [-0.4, -0.2) is 17.2 Å². The van der Waals surface area contributed by atoms with Crippen LogP contribution in [0.25, 0.3) is 22.3 Å². The van der Waals surface area contributed by atoms with E-state index in [1.54, 1.807) is 0 Å². The predicted molar refractivity (Wildman–Crippen MR) is 271 cm³/mol. The van der Waals surface area contributed by atoms with E-state index in [4.69, 9.17) is 0 Å². The highest BCUT2D eigenvalue weighted by atomic mass is 15.3. The highest BCUT2D eigenvalue weighted by molar-refractivity contribution is 7.00. The first-order chi connectivity index (χ1) is 31.1. The summed E-state index contributed by atoms with van der Waals surface area (Å²) < 4.78 is 0. The largest absolute Gasteiger partial charge is 0.334 e. The van der Waals surface area contributed by atoms with Gasteiger partial charge in [-0.1, -0.05) is 144 Å². The highest BCUT2D eigenvalue weighted by Gasteiger charge is 2.58. The lowest BCUT2D eigenvalue weighted by molar-refractivity contribution is 0.195. The number of nitrogens with zero attached hydrogens (tertiary/aromatic N) is 4. The number of fused-ring (bicyclic) bond motifs is 7. The number of aromatic nitrogens is 1. The molecule has 8 aromatic rings. The maximum atomic E-state index is 4.52. The number of hydrogen-bond donors (Lipinski definition) is 0. The smallest absolute Gasteiger partial charge is 0.252 e. The van der Waals surface area contributed by atoms with Gasteiger partial charge in [0.25, 0.3) is 6.71 Å². The number of rotatable bonds is 5. The topological polar surface area (TPSA) is 22.6 Å². The van der Waals surface area contributed by atoms with Crippen molar-refractivity contribution < 1.29 is 0 Å². The second-order valence-electron chi connectivity index (χ2n) is 19.9. The fraction of sp³-hybridized carbons (Fsp3) is 0.203. The summed E-state index contributed by atoms with van der Waals surface area (Å²) in [5.74, 6) is 0. The molecule has 0 radical (unpaired) electrons. The van der Waals surface area contributed by atoms with E-state index in [0.717, 1.165) is 24.1 Å². The van der Waals surface area contributed by atoms with Crippen molar-refractivity contribution in [2.45, 2.75) is 76.7 Å². The molecule has 2 unspecified atom stereocenters. The molecule has 0 bridgehead atoms. The van der Waals surface area contributed by atoms with E-state index in [9.17, 15) is 0 Å². The van der Waals surface area contributed by atoms with E-state index >= 15 is 0 Å². The van der Waals surface area contributed by atoms with Crippen LogP contribution in [0.3, 0.4) is 0 Å². The first-order valence-corrected chi connectivity index (χ1v) is 23.2. The summed E-state index contributed by atoms with van der Waals surface area (Å²) in [7, 11) is 0. The lowest BCUT2D eigenvalue weighted by Crippen LogP contribution is -2.61. The van der Waals surface area contributed by atoms with E-state index < -0.39 is 0 Å². The van der Waals surface area contributed by atoms with E-state index in [1.165, 1.54) is 96.9 Å². The van der Waals surface area contributed by atoms with E-state index in [0.29, 0.717) is 0 Å². The summed E-state index contributed by atoms with van der Waals surface area (Å²) in [6.45, 7) is 12.1. The Morgan fingerprint density at radius 3 is 1.84 bits per heavy atom. The van der Waals surface area contributed by atoms with Crippen LogP contribution >= 0.6 is 0 Å². The molecule has 12 rings (SSSR count). The lowest BCUT2D eigenvalue weighted by Gasteiger charge is -2.51. The predicted octanol–water partition coefficient (Wildman–Crippen LogP) is 13.5. The third-order valence-corrected chi connectivity index (χ3v) is 15.4. The van der Waals surface area contributed by atoms with E-state index in [-0.39, 0.29) is 23.1 Å². The molecule has 1 aromatic heterocycles. The molecule has 7 aromatic carbocycles. The minimum Gasteiger partial charge on any atom is -0.334 e. The van der Waals surface area contributed by atoms with Crippen LogP contribution in [0.5, 0.6) is 0 Å². The van der Waals surface area contributed by atoms with Gasteiger partial charge in [0.1, 0.15) is 0 Å². The quantitative estimate of drug-likeness (QED) is 0.161. The molecule has 312 valence electrons. The molecule has 4 aliphatic rings. The molecule has 4 nitrogen and oxygen atoms in total. The molecule has 0 amide bonds. The average Bonchev–Trinajstić information content (AvgIpc) is 3.54. The Labute approximate surface area is 379 Å². The van der Waals surface area contributed by atoms with Crippen molar-refractivity contribution >= 4 is 68.6 Å². The van der Waals surface area contributed by atoms with Crippen LogP contribution < -0.4 is 31.1 Å². The van der Waals surface area contributed by atoms with E-state index in [1.807, 2.05) is 18.5 Å². The van der Waals surface area contributed by atoms with Gasteiger partial charge < -0.3 is 14.7 Å². The molecule has 1 fully saturated rings. The number of hydrogen-bond acceptors (Lipinski definition) is 4. The third kappa shape index (κ3) is 5.65. The normalized spacial score (nSPS) is 19.4. The summed E-state index contributed by atoms with van der Waals surface area (Å²) >= 11 is 0. The molecule has 1 aliphatic carbocycles. The van der Waals surface area contributed by atoms with Gasteiger partial charge in [-0.15, -0.1) is 0 Å². The van der Waals surface area contributed by atoms with E-state index in [2.05, 4.69) is 218 Å². The van der Waals surface area contributed by atoms with Crippen molar-refractivity contribution in [3.05, 3.63) is 193 Å². The van der Waals surface area contributed by atoms with Crippen molar-refractivity contribution in [1.82, 2.24) is 4.98 Å². The fourth-order valence-electron chi connectivity index (χ4n) is 12.0. The highest BCUT2D eigenvalue weighted by Crippen LogP contribution is 2.62. The molecule has 0 spiro atoms. The minimum atomic E-state index is -0.160. The SMILES string of the molecule is CC(C)(C)c1ccc(N2c3ccccc3B3c4ccccc4N(c4ccccc4)c4cc(N5c6ccc(-c7cccnc7)cc6C6(C)CCCCC56C)cc2c43)c(-c2ccccc2)c1. The Balaban J connectivity index is 1.18. The Morgan fingerprint density at radius 1 is 0.516 bits per heavy atom. The van der Waals surface area contributed by atoms with Gasteiger partial charge in [0.05, 0.1) is 11.2 Å². The zero-order valence-corrected chi connectivity index (χ0v) is 37.5. The fourth-order valence-corrected chi connectivity index (χ4v) is 12.0. The van der Waals surface area contributed by atoms with Crippen LogP contribution in [-0.2, 0) is 10.8 Å². The zero-order chi connectivity index (χ0) is 43.4. The van der Waals surface area contributed by atoms with Gasteiger partial charge in [-0.3, -0.25) is 4.98 Å². The van der Waals surface area contributed by atoms with Gasteiger partial charge in [0.15, 0.2) is 0 Å². The molecule has 0 saturated heterocycles. The summed E-state index contributed by atoms with van der Waals surface area (Å²) in [6, 6.07) is 64.1.